The first-order valence-corrected chi connectivity index (χ1v) is 17.4. The van der Waals surface area contributed by atoms with Crippen molar-refractivity contribution in [2.24, 2.45) is 0 Å². The first-order chi connectivity index (χ1) is 25.3. The maximum absolute atomic E-state index is 6.66. The van der Waals surface area contributed by atoms with Gasteiger partial charge in [-0.05, 0) is 70.8 Å². The van der Waals surface area contributed by atoms with Crippen LogP contribution in [0.5, 0.6) is 0 Å². The Balaban J connectivity index is 1.22. The normalized spacial score (nSPS) is 11.9. The number of hydrogen-bond acceptors (Lipinski definition) is 2. The van der Waals surface area contributed by atoms with Crippen LogP contribution in [0.15, 0.2) is 186 Å². The van der Waals surface area contributed by atoms with Gasteiger partial charge in [0, 0.05) is 32.6 Å². The molecule has 238 valence electrons. The minimum absolute atomic E-state index is 0.864. The van der Waals surface area contributed by atoms with E-state index in [-0.39, 0.29) is 0 Å². The second-order valence-electron chi connectivity index (χ2n) is 13.3. The van der Waals surface area contributed by atoms with E-state index in [1.165, 1.54) is 54.8 Å². The number of furan rings is 1. The van der Waals surface area contributed by atoms with Crippen LogP contribution >= 0.6 is 0 Å². The zero-order valence-electron chi connectivity index (χ0n) is 27.6. The fourth-order valence-corrected chi connectivity index (χ4v) is 8.28. The number of fused-ring (bicyclic) bond motifs is 9. The third kappa shape index (κ3) is 4.12. The summed E-state index contributed by atoms with van der Waals surface area (Å²) in [7, 11) is 0. The molecule has 3 heterocycles. The van der Waals surface area contributed by atoms with Crippen LogP contribution in [0.1, 0.15) is 0 Å². The van der Waals surface area contributed by atoms with Gasteiger partial charge in [-0.15, -0.1) is 0 Å². The molecule has 0 aliphatic rings. The quantitative estimate of drug-likeness (QED) is 0.185. The molecule has 0 atom stereocenters. The number of nitrogens with zero attached hydrogens (tertiary/aromatic N) is 2. The molecule has 0 saturated carbocycles. The molecule has 3 heteroatoms. The van der Waals surface area contributed by atoms with Gasteiger partial charge in [-0.2, -0.15) is 0 Å². The summed E-state index contributed by atoms with van der Waals surface area (Å²) in [5.74, 6) is 0. The Hall–Kier alpha value is -6.84. The summed E-state index contributed by atoms with van der Waals surface area (Å²) in [6.45, 7) is 0. The highest BCUT2D eigenvalue weighted by atomic mass is 16.3. The predicted molar refractivity (Wildman–Crippen MR) is 214 cm³/mol. The Kier molecular flexibility index (Phi) is 5.96. The van der Waals surface area contributed by atoms with Gasteiger partial charge in [-0.3, -0.25) is 0 Å². The van der Waals surface area contributed by atoms with Gasteiger partial charge in [-0.1, -0.05) is 133 Å². The average Bonchev–Trinajstić information content (AvgIpc) is 3.86. The van der Waals surface area contributed by atoms with Crippen molar-refractivity contribution in [3.63, 3.8) is 0 Å². The number of hydrogen-bond donors (Lipinski definition) is 0. The highest BCUT2D eigenvalue weighted by Crippen LogP contribution is 2.48. The third-order valence-electron chi connectivity index (χ3n) is 10.5. The van der Waals surface area contributed by atoms with Crippen molar-refractivity contribution in [1.29, 1.82) is 0 Å². The molecular weight excluding hydrogens is 621 g/mol. The van der Waals surface area contributed by atoms with Crippen LogP contribution in [0, 0.1) is 0 Å². The Morgan fingerprint density at radius 2 is 0.941 bits per heavy atom. The predicted octanol–water partition coefficient (Wildman–Crippen LogP) is 13.5. The maximum Gasteiger partial charge on any atom is 0.137 e. The SMILES string of the molecule is c1ccc(-c2ccc(N(c3cccc4oc5cc(-c6ccccc6)ccc5c34)c3cccc4c5cccc6c7ccccc7n(c34)c65)cc2)cc1. The first kappa shape index (κ1) is 28.0. The highest BCUT2D eigenvalue weighted by molar-refractivity contribution is 6.25. The lowest BCUT2D eigenvalue weighted by molar-refractivity contribution is 0.669. The zero-order valence-corrected chi connectivity index (χ0v) is 27.6. The zero-order chi connectivity index (χ0) is 33.5. The molecule has 0 bridgehead atoms. The second-order valence-corrected chi connectivity index (χ2v) is 13.3. The van der Waals surface area contributed by atoms with E-state index in [4.69, 9.17) is 4.42 Å². The summed E-state index contributed by atoms with van der Waals surface area (Å²) in [4.78, 5) is 2.43. The van der Waals surface area contributed by atoms with E-state index in [9.17, 15) is 0 Å². The van der Waals surface area contributed by atoms with Gasteiger partial charge in [0.1, 0.15) is 11.2 Å². The molecule has 0 saturated heterocycles. The van der Waals surface area contributed by atoms with Crippen molar-refractivity contribution in [3.05, 3.63) is 182 Å². The lowest BCUT2D eigenvalue weighted by atomic mass is 10.0. The van der Waals surface area contributed by atoms with E-state index in [0.29, 0.717) is 0 Å². The number of para-hydroxylation sites is 3. The van der Waals surface area contributed by atoms with Gasteiger partial charge in [0.15, 0.2) is 0 Å². The van der Waals surface area contributed by atoms with Crippen LogP contribution in [0.2, 0.25) is 0 Å². The summed E-state index contributed by atoms with van der Waals surface area (Å²) >= 11 is 0. The molecular formula is C48H30N2O. The molecule has 0 unspecified atom stereocenters. The smallest absolute Gasteiger partial charge is 0.137 e. The maximum atomic E-state index is 6.66. The Labute approximate surface area is 294 Å². The van der Waals surface area contributed by atoms with Crippen LogP contribution in [0.3, 0.4) is 0 Å². The minimum atomic E-state index is 0.864. The van der Waals surface area contributed by atoms with E-state index < -0.39 is 0 Å². The van der Waals surface area contributed by atoms with Gasteiger partial charge < -0.3 is 13.7 Å². The first-order valence-electron chi connectivity index (χ1n) is 17.4. The molecule has 11 aromatic rings. The van der Waals surface area contributed by atoms with Crippen molar-refractivity contribution in [2.75, 3.05) is 4.90 Å². The van der Waals surface area contributed by atoms with E-state index >= 15 is 0 Å². The summed E-state index contributed by atoms with van der Waals surface area (Å²) < 4.78 is 9.14. The molecule has 3 aromatic heterocycles. The molecule has 8 aromatic carbocycles. The largest absolute Gasteiger partial charge is 0.456 e. The summed E-state index contributed by atoms with van der Waals surface area (Å²) in [5.41, 5.74) is 13.4. The summed E-state index contributed by atoms with van der Waals surface area (Å²) in [5, 5.41) is 7.24. The molecule has 51 heavy (non-hydrogen) atoms. The van der Waals surface area contributed by atoms with Gasteiger partial charge in [0.05, 0.1) is 33.3 Å². The monoisotopic (exact) mass is 650 g/mol. The van der Waals surface area contributed by atoms with Crippen molar-refractivity contribution < 1.29 is 4.42 Å². The highest BCUT2D eigenvalue weighted by Gasteiger charge is 2.25. The van der Waals surface area contributed by atoms with Crippen molar-refractivity contribution in [3.8, 4) is 22.3 Å². The molecule has 0 spiro atoms. The lowest BCUT2D eigenvalue weighted by Crippen LogP contribution is -2.11. The third-order valence-corrected chi connectivity index (χ3v) is 10.5. The van der Waals surface area contributed by atoms with Gasteiger partial charge in [0.25, 0.3) is 0 Å². The molecule has 0 aliphatic heterocycles. The topological polar surface area (TPSA) is 20.8 Å². The molecule has 3 nitrogen and oxygen atoms in total. The minimum Gasteiger partial charge on any atom is -0.456 e. The number of benzene rings is 8. The molecule has 0 N–H and O–H groups in total. The van der Waals surface area contributed by atoms with Crippen LogP contribution in [-0.2, 0) is 0 Å². The molecule has 0 aliphatic carbocycles. The lowest BCUT2D eigenvalue weighted by Gasteiger charge is -2.27. The van der Waals surface area contributed by atoms with E-state index in [0.717, 1.165) is 44.6 Å². The average molecular weight is 651 g/mol. The second kappa shape index (κ2) is 10.8. The Morgan fingerprint density at radius 1 is 0.373 bits per heavy atom. The number of aromatic nitrogens is 1. The number of rotatable bonds is 5. The molecule has 11 rings (SSSR count). The van der Waals surface area contributed by atoms with Crippen LogP contribution in [-0.4, -0.2) is 4.40 Å². The summed E-state index contributed by atoms with van der Waals surface area (Å²) in [6, 6.07) is 65.3. The fraction of sp³-hybridized carbons (Fsp3) is 0. The molecule has 0 radical (unpaired) electrons. The van der Waals surface area contributed by atoms with E-state index in [2.05, 4.69) is 191 Å². The Morgan fingerprint density at radius 3 is 1.73 bits per heavy atom. The van der Waals surface area contributed by atoms with Crippen molar-refractivity contribution in [2.45, 2.75) is 0 Å². The standard InChI is InChI=1S/C48H30N2O/c1-3-12-31(13-4-1)33-24-27-35(28-25-33)49(42-21-11-23-44-46(42)40-29-26-34(30-45(40)51-44)32-14-5-2-6-15-32)43-22-10-19-39-38-18-9-17-37-36-16-7-8-20-41(36)50(47(37)38)48(39)43/h1-30H. The van der Waals surface area contributed by atoms with Crippen LogP contribution in [0.25, 0.3) is 82.3 Å². The van der Waals surface area contributed by atoms with Gasteiger partial charge >= 0.3 is 0 Å². The van der Waals surface area contributed by atoms with Gasteiger partial charge in [0.2, 0.25) is 0 Å². The molecule has 0 fully saturated rings. The fourth-order valence-electron chi connectivity index (χ4n) is 8.28. The van der Waals surface area contributed by atoms with Crippen molar-refractivity contribution >= 4 is 77.1 Å². The van der Waals surface area contributed by atoms with Gasteiger partial charge in [-0.25, -0.2) is 0 Å². The van der Waals surface area contributed by atoms with E-state index in [1.807, 2.05) is 0 Å². The molecule has 0 amide bonds. The number of anilines is 3. The van der Waals surface area contributed by atoms with Crippen molar-refractivity contribution in [1.82, 2.24) is 4.40 Å². The van der Waals surface area contributed by atoms with Crippen LogP contribution < -0.4 is 4.90 Å². The van der Waals surface area contributed by atoms with E-state index in [1.54, 1.807) is 0 Å². The Bertz CT molecular complexity index is 3060. The van der Waals surface area contributed by atoms with Crippen LogP contribution in [0.4, 0.5) is 17.1 Å². The summed E-state index contributed by atoms with van der Waals surface area (Å²) in [6.07, 6.45) is 0.